The largest absolute Gasteiger partial charge is 0.481 e. The number of methoxy groups -OCH3 is 1. The number of alkyl halides is 2. The molecule has 1 aliphatic carbocycles. The van der Waals surface area contributed by atoms with Gasteiger partial charge in [-0.05, 0) is 49.4 Å². The lowest BCUT2D eigenvalue weighted by Gasteiger charge is -2.40. The molecule has 0 bridgehead atoms. The SMILES string of the molecule is COc1nc(-c2cccc(-c3cccc(Nc4nc(C(F)F)cc5c4c(=O)n(C)c(=O)n5C)c3Cl)c2Cl)cc2c1[C@@H](N1CC[C@@]3(CCN(CCO)C(=O)N3)C1)CC2. The number of carbonyl (C=O) groups excluding carboxylic acids is 1. The number of halogens is 4. The number of rotatable bonds is 9. The lowest BCUT2D eigenvalue weighted by molar-refractivity contribution is 0.127. The Morgan fingerprint density at radius 2 is 1.72 bits per heavy atom. The lowest BCUT2D eigenvalue weighted by atomic mass is 9.92. The number of aliphatic hydroxyl groups is 1. The number of likely N-dealkylation sites (tertiary alicyclic amines) is 1. The van der Waals surface area contributed by atoms with Crippen LogP contribution in [0, 0.1) is 0 Å². The highest BCUT2D eigenvalue weighted by Gasteiger charge is 2.46. The fourth-order valence-corrected chi connectivity index (χ4v) is 9.18. The third kappa shape index (κ3) is 6.69. The summed E-state index contributed by atoms with van der Waals surface area (Å²) in [4.78, 5) is 51.8. The Morgan fingerprint density at radius 3 is 2.44 bits per heavy atom. The van der Waals surface area contributed by atoms with E-state index in [1.165, 1.54) is 14.1 Å². The number of pyridine rings is 2. The van der Waals surface area contributed by atoms with Crippen LogP contribution in [0.25, 0.3) is 33.3 Å². The molecule has 2 aliphatic heterocycles. The summed E-state index contributed by atoms with van der Waals surface area (Å²) >= 11 is 14.2. The van der Waals surface area contributed by atoms with Crippen LogP contribution >= 0.6 is 23.2 Å². The second-order valence-electron chi connectivity index (χ2n) is 14.8. The zero-order valence-corrected chi connectivity index (χ0v) is 32.9. The van der Waals surface area contributed by atoms with Crippen molar-refractivity contribution in [2.45, 2.75) is 43.7 Å². The number of aliphatic hydroxyl groups excluding tert-OH is 1. The number of fused-ring (bicyclic) bond motifs is 2. The summed E-state index contributed by atoms with van der Waals surface area (Å²) in [5.74, 6) is 0.329. The van der Waals surface area contributed by atoms with E-state index >= 15 is 0 Å². The number of aryl methyl sites for hydroxylation is 2. The maximum absolute atomic E-state index is 14.0. The van der Waals surface area contributed by atoms with Gasteiger partial charge in [-0.25, -0.2) is 28.3 Å². The molecule has 3 aromatic heterocycles. The number of benzene rings is 2. The number of carbonyl (C=O) groups is 1. The Labute approximate surface area is 335 Å². The van der Waals surface area contributed by atoms with Crippen molar-refractivity contribution in [1.29, 1.82) is 0 Å². The molecule has 3 aliphatic rings. The van der Waals surface area contributed by atoms with Gasteiger partial charge < -0.3 is 25.4 Å². The summed E-state index contributed by atoms with van der Waals surface area (Å²) in [7, 11) is 4.30. The van der Waals surface area contributed by atoms with Crippen molar-refractivity contribution >= 4 is 51.6 Å². The average molecular weight is 822 g/mol. The number of hydrogen-bond acceptors (Lipinski definition) is 9. The Balaban J connectivity index is 1.11. The molecule has 2 saturated heterocycles. The fourth-order valence-electron chi connectivity index (χ4n) is 8.58. The van der Waals surface area contributed by atoms with E-state index in [0.29, 0.717) is 52.9 Å². The first kappa shape index (κ1) is 38.8. The first-order chi connectivity index (χ1) is 27.3. The van der Waals surface area contributed by atoms with Crippen LogP contribution in [0.2, 0.25) is 10.0 Å². The van der Waals surface area contributed by atoms with E-state index in [0.717, 1.165) is 58.6 Å². The minimum absolute atomic E-state index is 0.00375. The minimum Gasteiger partial charge on any atom is -0.481 e. The molecule has 2 amide bonds. The number of amides is 2. The molecule has 2 atom stereocenters. The number of nitrogens with one attached hydrogen (secondary N) is 2. The van der Waals surface area contributed by atoms with Gasteiger partial charge in [0, 0.05) is 68.6 Å². The molecule has 5 heterocycles. The quantitative estimate of drug-likeness (QED) is 0.158. The molecule has 0 radical (unpaired) electrons. The van der Waals surface area contributed by atoms with Crippen LogP contribution in [0.1, 0.15) is 48.6 Å². The second-order valence-corrected chi connectivity index (χ2v) is 15.5. The number of hydrogen-bond donors (Lipinski definition) is 3. The number of nitrogens with zero attached hydrogens (tertiary/aromatic N) is 6. The minimum atomic E-state index is -2.97. The van der Waals surface area contributed by atoms with Crippen molar-refractivity contribution in [2.24, 2.45) is 14.1 Å². The molecular formula is C40H40Cl2F2N8O5. The predicted molar refractivity (Wildman–Crippen MR) is 214 cm³/mol. The van der Waals surface area contributed by atoms with Crippen LogP contribution in [0.4, 0.5) is 25.1 Å². The Morgan fingerprint density at radius 1 is 1.00 bits per heavy atom. The maximum Gasteiger partial charge on any atom is 0.330 e. The molecule has 13 nitrogen and oxygen atoms in total. The second kappa shape index (κ2) is 15.0. The van der Waals surface area contributed by atoms with E-state index in [9.17, 15) is 28.3 Å². The molecular weight excluding hydrogens is 781 g/mol. The van der Waals surface area contributed by atoms with Gasteiger partial charge in [-0.3, -0.25) is 18.8 Å². The molecule has 57 heavy (non-hydrogen) atoms. The van der Waals surface area contributed by atoms with Crippen molar-refractivity contribution in [3.05, 3.63) is 96.2 Å². The molecule has 2 fully saturated rings. The lowest BCUT2D eigenvalue weighted by Crippen LogP contribution is -2.61. The van der Waals surface area contributed by atoms with E-state index in [2.05, 4.69) is 20.5 Å². The predicted octanol–water partition coefficient (Wildman–Crippen LogP) is 6.20. The van der Waals surface area contributed by atoms with Crippen molar-refractivity contribution in [2.75, 3.05) is 45.2 Å². The summed E-state index contributed by atoms with van der Waals surface area (Å²) in [6.45, 7) is 2.39. The van der Waals surface area contributed by atoms with Crippen LogP contribution in [0.15, 0.2) is 58.1 Å². The molecule has 0 saturated carbocycles. The van der Waals surface area contributed by atoms with Gasteiger partial charge in [0.15, 0.2) is 0 Å². The van der Waals surface area contributed by atoms with Crippen LogP contribution in [0.3, 0.4) is 0 Å². The van der Waals surface area contributed by atoms with E-state index < -0.39 is 23.4 Å². The van der Waals surface area contributed by atoms with Crippen molar-refractivity contribution in [1.82, 2.24) is 34.2 Å². The van der Waals surface area contributed by atoms with Crippen LogP contribution in [-0.4, -0.2) is 85.5 Å². The molecule has 298 valence electrons. The summed E-state index contributed by atoms with van der Waals surface area (Å²) < 4.78 is 35.9. The molecule has 0 unspecified atom stereocenters. The highest BCUT2D eigenvalue weighted by molar-refractivity contribution is 6.39. The highest BCUT2D eigenvalue weighted by Crippen LogP contribution is 2.47. The highest BCUT2D eigenvalue weighted by atomic mass is 35.5. The Kier molecular flexibility index (Phi) is 10.2. The molecule has 1 spiro atoms. The number of aromatic nitrogens is 4. The zero-order valence-electron chi connectivity index (χ0n) is 31.4. The first-order valence-electron chi connectivity index (χ1n) is 18.6. The Bertz CT molecular complexity index is 2570. The van der Waals surface area contributed by atoms with E-state index in [1.807, 2.05) is 24.3 Å². The van der Waals surface area contributed by atoms with Gasteiger partial charge in [0.25, 0.3) is 12.0 Å². The maximum atomic E-state index is 14.0. The van der Waals surface area contributed by atoms with Gasteiger partial charge in [-0.15, -0.1) is 0 Å². The van der Waals surface area contributed by atoms with Crippen molar-refractivity contribution in [3.8, 4) is 28.3 Å². The van der Waals surface area contributed by atoms with E-state index in [1.54, 1.807) is 30.2 Å². The normalized spacial score (nSPS) is 19.5. The van der Waals surface area contributed by atoms with Gasteiger partial charge in [-0.2, -0.15) is 0 Å². The third-order valence-electron chi connectivity index (χ3n) is 11.5. The molecule has 8 rings (SSSR count). The summed E-state index contributed by atoms with van der Waals surface area (Å²) in [6, 6.07) is 13.6. The van der Waals surface area contributed by atoms with Crippen LogP contribution in [0.5, 0.6) is 5.88 Å². The number of anilines is 2. The first-order valence-corrected chi connectivity index (χ1v) is 19.3. The topological polar surface area (TPSA) is 147 Å². The van der Waals surface area contributed by atoms with Crippen LogP contribution in [-0.2, 0) is 20.5 Å². The number of β-amino-alcohol motifs (C(OH)–C–C–N with tert-alkyl or cyclic N) is 1. The van der Waals surface area contributed by atoms with Crippen molar-refractivity contribution in [3.63, 3.8) is 0 Å². The van der Waals surface area contributed by atoms with E-state index in [-0.39, 0.29) is 51.6 Å². The van der Waals surface area contributed by atoms with Gasteiger partial charge in [0.1, 0.15) is 16.9 Å². The summed E-state index contributed by atoms with van der Waals surface area (Å²) in [6.07, 6.45) is 0.339. The van der Waals surface area contributed by atoms with Crippen LogP contribution < -0.4 is 26.6 Å². The molecule has 5 aromatic rings. The average Bonchev–Trinajstić information content (AvgIpc) is 3.82. The fraction of sp³-hybridized carbons (Fsp3) is 0.375. The van der Waals surface area contributed by atoms with Gasteiger partial charge >= 0.3 is 11.7 Å². The van der Waals surface area contributed by atoms with Gasteiger partial charge in [-0.1, -0.05) is 53.5 Å². The molecule has 3 N–H and O–H groups in total. The summed E-state index contributed by atoms with van der Waals surface area (Å²) in [5, 5.41) is 16.1. The standard InChI is InChI=1S/C40H40Cl2F2N8O5/c1-49-29-19-27(34(43)44)46-35(31(29)37(54)50(2)39(49)56)45-25-9-5-7-23(33(25)42)22-6-4-8-24(32(22)41)26-18-21-10-11-28(30(21)36(47-26)57-3)52-15-13-40(20-52)12-14-51(16-17-53)38(55)48-40/h4-9,18-19,28,34,53H,10-17,20H2,1-3H3,(H,45,46)(H,48,55)/t28-,40-/m0/s1. The van der Waals surface area contributed by atoms with Gasteiger partial charge in [0.05, 0.1) is 46.2 Å². The molecule has 17 heteroatoms. The summed E-state index contributed by atoms with van der Waals surface area (Å²) in [5.41, 5.74) is 2.46. The smallest absolute Gasteiger partial charge is 0.330 e. The molecule has 2 aromatic carbocycles. The van der Waals surface area contributed by atoms with E-state index in [4.69, 9.17) is 32.9 Å². The van der Waals surface area contributed by atoms with Crippen molar-refractivity contribution < 1.29 is 23.4 Å². The number of ether oxygens (including phenoxy) is 1. The monoisotopic (exact) mass is 820 g/mol. The third-order valence-corrected chi connectivity index (χ3v) is 12.4. The van der Waals surface area contributed by atoms with Gasteiger partial charge in [0.2, 0.25) is 5.88 Å². The zero-order chi connectivity index (χ0) is 40.3. The number of urea groups is 1. The Hall–Kier alpha value is -5.09.